The average Bonchev–Trinajstić information content (AvgIpc) is 3.58. The number of nitrogens with zero attached hydrogens (tertiary/aromatic N) is 5. The van der Waals surface area contributed by atoms with E-state index in [9.17, 15) is 4.79 Å². The van der Waals surface area contributed by atoms with Crippen LogP contribution in [0.4, 0.5) is 0 Å². The zero-order valence-electron chi connectivity index (χ0n) is 21.5. The number of benzene rings is 2. The number of methoxy groups -OCH3 is 1. The van der Waals surface area contributed by atoms with Gasteiger partial charge in [-0.1, -0.05) is 24.3 Å². The molecule has 2 atom stereocenters. The van der Waals surface area contributed by atoms with Gasteiger partial charge in [-0.25, -0.2) is 9.97 Å². The predicted molar refractivity (Wildman–Crippen MR) is 145 cm³/mol. The maximum Gasteiger partial charge on any atom is 0.224 e. The molecule has 0 aliphatic carbocycles. The van der Waals surface area contributed by atoms with Gasteiger partial charge in [0.1, 0.15) is 5.82 Å². The predicted octanol–water partition coefficient (Wildman–Crippen LogP) is 3.92. The summed E-state index contributed by atoms with van der Waals surface area (Å²) >= 11 is 0. The Balaban J connectivity index is 1.22. The first-order chi connectivity index (χ1) is 18.1. The zero-order valence-corrected chi connectivity index (χ0v) is 21.5. The Kier molecular flexibility index (Phi) is 7.96. The van der Waals surface area contributed by atoms with Gasteiger partial charge >= 0.3 is 0 Å². The number of fused-ring (bicyclic) bond motifs is 1. The van der Waals surface area contributed by atoms with Crippen LogP contribution in [0, 0.1) is 0 Å². The minimum atomic E-state index is -0.217. The number of imidazole rings is 2. The van der Waals surface area contributed by atoms with Gasteiger partial charge in [0.05, 0.1) is 17.4 Å². The Labute approximate surface area is 218 Å². The lowest BCUT2D eigenvalue weighted by molar-refractivity contribution is -0.132. The lowest BCUT2D eigenvalue weighted by Gasteiger charge is -2.33. The van der Waals surface area contributed by atoms with Crippen molar-refractivity contribution in [3.8, 4) is 5.69 Å². The highest BCUT2D eigenvalue weighted by Gasteiger charge is 2.29. The smallest absolute Gasteiger partial charge is 0.224 e. The van der Waals surface area contributed by atoms with E-state index in [-0.39, 0.29) is 17.9 Å². The minimum Gasteiger partial charge on any atom is -0.385 e. The molecule has 1 fully saturated rings. The Morgan fingerprint density at radius 1 is 1.19 bits per heavy atom. The fourth-order valence-corrected chi connectivity index (χ4v) is 5.37. The normalized spacial score (nSPS) is 16.8. The topological polar surface area (TPSA) is 91.2 Å². The number of aryl methyl sites for hydroxylation is 1. The van der Waals surface area contributed by atoms with Crippen molar-refractivity contribution in [3.63, 3.8) is 0 Å². The van der Waals surface area contributed by atoms with Crippen molar-refractivity contribution in [1.29, 1.82) is 0 Å². The summed E-state index contributed by atoms with van der Waals surface area (Å²) in [7, 11) is 1.73. The molecule has 5 rings (SSSR count). The van der Waals surface area contributed by atoms with Gasteiger partial charge in [0.2, 0.25) is 5.91 Å². The molecule has 0 saturated carbocycles. The second-order valence-corrected chi connectivity index (χ2v) is 9.94. The molecule has 2 N–H and O–H groups in total. The van der Waals surface area contributed by atoms with E-state index in [1.165, 1.54) is 0 Å². The number of ether oxygens (including phenoxy) is 1. The van der Waals surface area contributed by atoms with E-state index < -0.39 is 0 Å². The van der Waals surface area contributed by atoms with Gasteiger partial charge in [-0.15, -0.1) is 0 Å². The number of para-hydroxylation sites is 2. The standard InChI is InChI=1S/C29H36N6O2/c1-37-17-5-15-35-27-8-3-2-7-26(27)32-29(35)23-6-4-14-33(20-23)28(36)19-24(30)18-22-9-11-25(12-10-22)34-16-13-31-21-34/h2-3,7-13,16,21,23-24H,4-6,14-15,17-20,30H2,1H3. The van der Waals surface area contributed by atoms with E-state index in [0.29, 0.717) is 26.0 Å². The molecule has 2 unspecified atom stereocenters. The van der Waals surface area contributed by atoms with Crippen molar-refractivity contribution in [3.05, 3.63) is 78.6 Å². The largest absolute Gasteiger partial charge is 0.385 e. The second-order valence-electron chi connectivity index (χ2n) is 9.94. The van der Waals surface area contributed by atoms with Crippen LogP contribution >= 0.6 is 0 Å². The molecule has 2 aromatic heterocycles. The fourth-order valence-electron chi connectivity index (χ4n) is 5.37. The van der Waals surface area contributed by atoms with E-state index in [1.54, 1.807) is 19.6 Å². The van der Waals surface area contributed by atoms with Crippen LogP contribution in [0.3, 0.4) is 0 Å². The number of piperidine rings is 1. The molecule has 37 heavy (non-hydrogen) atoms. The third-order valence-corrected chi connectivity index (χ3v) is 7.23. The maximum atomic E-state index is 13.2. The van der Waals surface area contributed by atoms with Crippen molar-refractivity contribution < 1.29 is 9.53 Å². The van der Waals surface area contributed by atoms with Gasteiger partial charge in [0.25, 0.3) is 0 Å². The van der Waals surface area contributed by atoms with Gasteiger partial charge in [-0.2, -0.15) is 0 Å². The SMILES string of the molecule is COCCCn1c(C2CCCN(C(=O)CC(N)Cc3ccc(-n4ccnc4)cc3)C2)nc2ccccc21. The lowest BCUT2D eigenvalue weighted by atomic mass is 9.96. The van der Waals surface area contributed by atoms with E-state index in [4.69, 9.17) is 15.5 Å². The first-order valence-corrected chi connectivity index (χ1v) is 13.2. The molecular formula is C29H36N6O2. The number of carbonyl (C=O) groups is 1. The molecule has 8 nitrogen and oxygen atoms in total. The van der Waals surface area contributed by atoms with E-state index in [2.05, 4.69) is 52.0 Å². The van der Waals surface area contributed by atoms with E-state index >= 15 is 0 Å². The van der Waals surface area contributed by atoms with Gasteiger partial charge in [-0.3, -0.25) is 4.79 Å². The molecule has 0 bridgehead atoms. The molecule has 1 saturated heterocycles. The summed E-state index contributed by atoms with van der Waals surface area (Å²) in [5, 5.41) is 0. The summed E-state index contributed by atoms with van der Waals surface area (Å²) < 4.78 is 9.58. The van der Waals surface area contributed by atoms with Gasteiger partial charge < -0.3 is 24.5 Å². The number of likely N-dealkylation sites (tertiary alicyclic amines) is 1. The van der Waals surface area contributed by atoms with Gasteiger partial charge in [-0.05, 0) is 55.5 Å². The molecule has 1 amide bonds. The molecule has 1 aliphatic rings. The molecule has 3 heterocycles. The molecule has 194 valence electrons. The van der Waals surface area contributed by atoms with Crippen LogP contribution in [0.2, 0.25) is 0 Å². The number of hydrogen-bond donors (Lipinski definition) is 1. The number of aromatic nitrogens is 4. The lowest BCUT2D eigenvalue weighted by Crippen LogP contribution is -2.42. The van der Waals surface area contributed by atoms with Gasteiger partial charge in [0.15, 0.2) is 0 Å². The van der Waals surface area contributed by atoms with Crippen molar-refractivity contribution in [2.45, 2.75) is 50.6 Å². The molecule has 1 aliphatic heterocycles. The summed E-state index contributed by atoms with van der Waals surface area (Å²) in [6.07, 6.45) is 9.41. The summed E-state index contributed by atoms with van der Waals surface area (Å²) in [6, 6.07) is 16.3. The molecule has 4 aromatic rings. The summed E-state index contributed by atoms with van der Waals surface area (Å²) in [5.74, 6) is 1.44. The number of nitrogens with two attached hydrogens (primary N) is 1. The first-order valence-electron chi connectivity index (χ1n) is 13.2. The Morgan fingerprint density at radius 2 is 2.03 bits per heavy atom. The summed E-state index contributed by atoms with van der Waals surface area (Å²) in [5.41, 5.74) is 10.8. The molecule has 8 heteroatoms. The van der Waals surface area contributed by atoms with Gasteiger partial charge in [0, 0.05) is 69.8 Å². The van der Waals surface area contributed by atoms with Crippen LogP contribution < -0.4 is 5.73 Å². The van der Waals surface area contributed by atoms with E-state index in [1.807, 2.05) is 21.7 Å². The number of hydrogen-bond acceptors (Lipinski definition) is 5. The molecule has 0 spiro atoms. The van der Waals surface area contributed by atoms with Crippen LogP contribution in [0.1, 0.15) is 43.0 Å². The van der Waals surface area contributed by atoms with Crippen LogP contribution in [0.15, 0.2) is 67.3 Å². The number of amides is 1. The third-order valence-electron chi connectivity index (χ3n) is 7.23. The summed E-state index contributed by atoms with van der Waals surface area (Å²) in [4.78, 5) is 24.3. The van der Waals surface area contributed by atoms with Crippen LogP contribution in [-0.4, -0.2) is 62.8 Å². The third kappa shape index (κ3) is 5.92. The first kappa shape index (κ1) is 25.2. The molecular weight excluding hydrogens is 464 g/mol. The number of rotatable bonds is 10. The molecule has 0 radical (unpaired) electrons. The minimum absolute atomic E-state index is 0.134. The Bertz CT molecular complexity index is 1300. The highest BCUT2D eigenvalue weighted by atomic mass is 16.5. The molecule has 2 aromatic carbocycles. The quantitative estimate of drug-likeness (QED) is 0.333. The zero-order chi connectivity index (χ0) is 25.6. The second kappa shape index (κ2) is 11.7. The summed E-state index contributed by atoms with van der Waals surface area (Å²) in [6.45, 7) is 3.05. The monoisotopic (exact) mass is 500 g/mol. The average molecular weight is 501 g/mol. The Morgan fingerprint density at radius 3 is 2.81 bits per heavy atom. The van der Waals surface area contributed by atoms with Crippen LogP contribution in [0.5, 0.6) is 0 Å². The van der Waals surface area contributed by atoms with Crippen LogP contribution in [-0.2, 0) is 22.5 Å². The van der Waals surface area contributed by atoms with E-state index in [0.717, 1.165) is 60.5 Å². The van der Waals surface area contributed by atoms with Crippen molar-refractivity contribution >= 4 is 16.9 Å². The fraction of sp³-hybridized carbons (Fsp3) is 0.414. The number of carbonyl (C=O) groups excluding carboxylic acids is 1. The van der Waals surface area contributed by atoms with Crippen molar-refractivity contribution in [1.82, 2.24) is 24.0 Å². The maximum absolute atomic E-state index is 13.2. The highest BCUT2D eigenvalue weighted by molar-refractivity contribution is 5.78. The Hall–Kier alpha value is -3.49. The van der Waals surface area contributed by atoms with Crippen molar-refractivity contribution in [2.75, 3.05) is 26.8 Å². The highest BCUT2D eigenvalue weighted by Crippen LogP contribution is 2.30. The van der Waals surface area contributed by atoms with Crippen LogP contribution in [0.25, 0.3) is 16.7 Å². The van der Waals surface area contributed by atoms with Crippen molar-refractivity contribution in [2.24, 2.45) is 5.73 Å².